The SMILES string of the molecule is CNc1cccc(CSc2ncccc2Cl)n1. The summed E-state index contributed by atoms with van der Waals surface area (Å²) in [6, 6.07) is 9.57. The molecule has 0 radical (unpaired) electrons. The normalized spacial score (nSPS) is 10.2. The van der Waals surface area contributed by atoms with E-state index in [-0.39, 0.29) is 0 Å². The largest absolute Gasteiger partial charge is 0.373 e. The van der Waals surface area contributed by atoms with E-state index in [1.807, 2.05) is 37.4 Å². The van der Waals surface area contributed by atoms with Crippen LogP contribution in [0.1, 0.15) is 5.69 Å². The van der Waals surface area contributed by atoms with Crippen LogP contribution in [0.25, 0.3) is 0 Å². The molecule has 0 fully saturated rings. The number of thioether (sulfide) groups is 1. The van der Waals surface area contributed by atoms with Crippen molar-refractivity contribution in [1.29, 1.82) is 0 Å². The Morgan fingerprint density at radius 3 is 2.94 bits per heavy atom. The maximum absolute atomic E-state index is 6.03. The van der Waals surface area contributed by atoms with Gasteiger partial charge in [-0.15, -0.1) is 0 Å². The third kappa shape index (κ3) is 3.35. The van der Waals surface area contributed by atoms with E-state index in [0.717, 1.165) is 22.3 Å². The topological polar surface area (TPSA) is 37.8 Å². The van der Waals surface area contributed by atoms with E-state index in [1.54, 1.807) is 18.0 Å². The van der Waals surface area contributed by atoms with Crippen LogP contribution in [0, 0.1) is 0 Å². The van der Waals surface area contributed by atoms with Crippen molar-refractivity contribution in [3.8, 4) is 0 Å². The molecule has 0 spiro atoms. The van der Waals surface area contributed by atoms with E-state index in [0.29, 0.717) is 5.02 Å². The first-order chi connectivity index (χ1) is 8.29. The van der Waals surface area contributed by atoms with E-state index < -0.39 is 0 Å². The van der Waals surface area contributed by atoms with E-state index in [1.165, 1.54) is 0 Å². The molecule has 0 aliphatic heterocycles. The lowest BCUT2D eigenvalue weighted by Gasteiger charge is -2.04. The molecule has 0 saturated carbocycles. The molecule has 2 aromatic heterocycles. The van der Waals surface area contributed by atoms with Crippen LogP contribution in [0.4, 0.5) is 5.82 Å². The smallest absolute Gasteiger partial charge is 0.125 e. The third-order valence-electron chi connectivity index (χ3n) is 2.14. The molecular formula is C12H12ClN3S. The van der Waals surface area contributed by atoms with Gasteiger partial charge in [0.2, 0.25) is 0 Å². The zero-order valence-electron chi connectivity index (χ0n) is 9.35. The fraction of sp³-hybridized carbons (Fsp3) is 0.167. The van der Waals surface area contributed by atoms with Crippen molar-refractivity contribution in [3.63, 3.8) is 0 Å². The molecule has 0 aromatic carbocycles. The number of pyridine rings is 2. The van der Waals surface area contributed by atoms with Crippen LogP contribution in [0.5, 0.6) is 0 Å². The van der Waals surface area contributed by atoms with Crippen molar-refractivity contribution in [2.24, 2.45) is 0 Å². The zero-order chi connectivity index (χ0) is 12.1. The van der Waals surface area contributed by atoms with Gasteiger partial charge >= 0.3 is 0 Å². The minimum absolute atomic E-state index is 0.683. The van der Waals surface area contributed by atoms with Crippen LogP contribution in [0.2, 0.25) is 5.02 Å². The minimum Gasteiger partial charge on any atom is -0.373 e. The highest BCUT2D eigenvalue weighted by Crippen LogP contribution is 2.26. The first-order valence-corrected chi connectivity index (χ1v) is 6.53. The molecule has 17 heavy (non-hydrogen) atoms. The summed E-state index contributed by atoms with van der Waals surface area (Å²) < 4.78 is 0. The molecule has 0 aliphatic rings. The Balaban J connectivity index is 2.05. The molecule has 0 bridgehead atoms. The van der Waals surface area contributed by atoms with Crippen LogP contribution in [0.15, 0.2) is 41.6 Å². The van der Waals surface area contributed by atoms with E-state index >= 15 is 0 Å². The Hall–Kier alpha value is -1.26. The molecule has 2 rings (SSSR count). The average molecular weight is 266 g/mol. The second-order valence-corrected chi connectivity index (χ2v) is 4.71. The maximum atomic E-state index is 6.03. The summed E-state index contributed by atoms with van der Waals surface area (Å²) in [6.07, 6.45) is 1.74. The summed E-state index contributed by atoms with van der Waals surface area (Å²) in [4.78, 5) is 8.66. The van der Waals surface area contributed by atoms with Gasteiger partial charge in [-0.2, -0.15) is 0 Å². The lowest BCUT2D eigenvalue weighted by molar-refractivity contribution is 1.12. The van der Waals surface area contributed by atoms with Gasteiger partial charge in [-0.05, 0) is 24.3 Å². The molecule has 1 N–H and O–H groups in total. The first-order valence-electron chi connectivity index (χ1n) is 5.16. The predicted molar refractivity (Wildman–Crippen MR) is 72.6 cm³/mol. The van der Waals surface area contributed by atoms with Crippen LogP contribution < -0.4 is 5.32 Å². The maximum Gasteiger partial charge on any atom is 0.125 e. The number of hydrogen-bond acceptors (Lipinski definition) is 4. The lowest BCUT2D eigenvalue weighted by Crippen LogP contribution is -1.95. The Morgan fingerprint density at radius 1 is 1.29 bits per heavy atom. The van der Waals surface area contributed by atoms with Crippen molar-refractivity contribution >= 4 is 29.2 Å². The molecule has 0 aliphatic carbocycles. The fourth-order valence-corrected chi connectivity index (χ4v) is 2.39. The number of hydrogen-bond donors (Lipinski definition) is 1. The third-order valence-corrected chi connectivity index (χ3v) is 3.60. The molecule has 2 heterocycles. The highest BCUT2D eigenvalue weighted by molar-refractivity contribution is 7.98. The van der Waals surface area contributed by atoms with Crippen molar-refractivity contribution < 1.29 is 0 Å². The molecular weight excluding hydrogens is 254 g/mol. The summed E-state index contributed by atoms with van der Waals surface area (Å²) in [5.41, 5.74) is 1.00. The number of halogens is 1. The highest BCUT2D eigenvalue weighted by atomic mass is 35.5. The van der Waals surface area contributed by atoms with Crippen molar-refractivity contribution in [1.82, 2.24) is 9.97 Å². The second kappa shape index (κ2) is 5.89. The molecule has 3 nitrogen and oxygen atoms in total. The van der Waals surface area contributed by atoms with Crippen molar-refractivity contribution in [2.45, 2.75) is 10.8 Å². The Bertz CT molecular complexity index is 505. The number of aromatic nitrogens is 2. The van der Waals surface area contributed by atoms with Crippen LogP contribution >= 0.6 is 23.4 Å². The number of anilines is 1. The zero-order valence-corrected chi connectivity index (χ0v) is 10.9. The second-order valence-electron chi connectivity index (χ2n) is 3.34. The van der Waals surface area contributed by atoms with Crippen LogP contribution in [-0.2, 0) is 5.75 Å². The quantitative estimate of drug-likeness (QED) is 0.859. The Labute approximate surface area is 110 Å². The predicted octanol–water partition coefficient (Wildman–Crippen LogP) is 3.46. The molecule has 5 heteroatoms. The van der Waals surface area contributed by atoms with Gasteiger partial charge in [0.25, 0.3) is 0 Å². The van der Waals surface area contributed by atoms with Crippen LogP contribution in [-0.4, -0.2) is 17.0 Å². The van der Waals surface area contributed by atoms with Gasteiger partial charge in [0, 0.05) is 19.0 Å². The van der Waals surface area contributed by atoms with Gasteiger partial charge in [0.05, 0.1) is 10.7 Å². The van der Waals surface area contributed by atoms with Gasteiger partial charge in [-0.3, -0.25) is 0 Å². The lowest BCUT2D eigenvalue weighted by atomic mass is 10.4. The summed E-state index contributed by atoms with van der Waals surface area (Å²) in [5.74, 6) is 1.63. The van der Waals surface area contributed by atoms with E-state index in [2.05, 4.69) is 15.3 Å². The molecule has 0 atom stereocenters. The van der Waals surface area contributed by atoms with Gasteiger partial charge in [-0.1, -0.05) is 29.4 Å². The summed E-state index contributed by atoms with van der Waals surface area (Å²) >= 11 is 7.62. The fourth-order valence-electron chi connectivity index (χ4n) is 1.32. The van der Waals surface area contributed by atoms with E-state index in [4.69, 9.17) is 11.6 Å². The van der Waals surface area contributed by atoms with Gasteiger partial charge in [0.15, 0.2) is 0 Å². The number of rotatable bonds is 4. The van der Waals surface area contributed by atoms with E-state index in [9.17, 15) is 0 Å². The number of nitrogens with zero attached hydrogens (tertiary/aromatic N) is 2. The number of nitrogens with one attached hydrogen (secondary N) is 1. The first kappa shape index (κ1) is 12.2. The summed E-state index contributed by atoms with van der Waals surface area (Å²) in [5, 5.41) is 4.54. The summed E-state index contributed by atoms with van der Waals surface area (Å²) in [7, 11) is 1.86. The monoisotopic (exact) mass is 265 g/mol. The molecule has 0 saturated heterocycles. The van der Waals surface area contributed by atoms with Crippen molar-refractivity contribution in [2.75, 3.05) is 12.4 Å². The van der Waals surface area contributed by atoms with Gasteiger partial charge in [-0.25, -0.2) is 9.97 Å². The minimum atomic E-state index is 0.683. The average Bonchev–Trinajstić information content (AvgIpc) is 2.38. The molecule has 2 aromatic rings. The molecule has 88 valence electrons. The Kier molecular flexibility index (Phi) is 4.23. The Morgan fingerprint density at radius 2 is 2.18 bits per heavy atom. The van der Waals surface area contributed by atoms with Gasteiger partial charge in [0.1, 0.15) is 10.8 Å². The van der Waals surface area contributed by atoms with Crippen molar-refractivity contribution in [3.05, 3.63) is 47.2 Å². The molecule has 0 amide bonds. The van der Waals surface area contributed by atoms with Gasteiger partial charge < -0.3 is 5.32 Å². The molecule has 0 unspecified atom stereocenters. The highest BCUT2D eigenvalue weighted by Gasteiger charge is 2.03. The van der Waals surface area contributed by atoms with Crippen LogP contribution in [0.3, 0.4) is 0 Å². The summed E-state index contributed by atoms with van der Waals surface area (Å²) in [6.45, 7) is 0. The standard InChI is InChI=1S/C12H12ClN3S/c1-14-11-6-2-4-9(16-11)8-17-12-10(13)5-3-7-15-12/h2-7H,8H2,1H3,(H,14,16).